The van der Waals surface area contributed by atoms with E-state index in [1.165, 1.54) is 11.1 Å². The summed E-state index contributed by atoms with van der Waals surface area (Å²) in [6.07, 6.45) is 2.40. The fourth-order valence-corrected chi connectivity index (χ4v) is 2.79. The average Bonchev–Trinajstić information content (AvgIpc) is 3.04. The second kappa shape index (κ2) is 6.14. The Kier molecular flexibility index (Phi) is 4.06. The van der Waals surface area contributed by atoms with Crippen LogP contribution in [0.25, 0.3) is 0 Å². The number of nitrogens with zero attached hydrogens (tertiary/aromatic N) is 1. The lowest BCUT2D eigenvalue weighted by Crippen LogP contribution is -2.49. The largest absolute Gasteiger partial charge is 0.467 e. The number of hydrogen-bond donors (Lipinski definition) is 1. The van der Waals surface area contributed by atoms with Gasteiger partial charge in [0.25, 0.3) is 0 Å². The molecule has 2 aromatic rings. The maximum Gasteiger partial charge on any atom is 0.240 e. The van der Waals surface area contributed by atoms with E-state index in [0.29, 0.717) is 13.1 Å². The molecule has 1 atom stereocenters. The molecule has 110 valence electrons. The minimum atomic E-state index is -0.144. The third-order valence-electron chi connectivity index (χ3n) is 4.00. The molecule has 0 fully saturated rings. The zero-order valence-corrected chi connectivity index (χ0v) is 12.2. The molecule has 21 heavy (non-hydrogen) atoms. The molecule has 4 heteroatoms. The third-order valence-corrected chi connectivity index (χ3v) is 4.00. The first kappa shape index (κ1) is 13.9. The van der Waals surface area contributed by atoms with Gasteiger partial charge in [-0.3, -0.25) is 4.79 Å². The van der Waals surface area contributed by atoms with Crippen LogP contribution in [0.15, 0.2) is 47.1 Å². The van der Waals surface area contributed by atoms with Gasteiger partial charge in [0.15, 0.2) is 0 Å². The Balaban J connectivity index is 1.70. The number of likely N-dealkylation sites (N-methyl/N-ethyl adjacent to an activating group) is 1. The van der Waals surface area contributed by atoms with Gasteiger partial charge in [0.05, 0.1) is 18.8 Å². The first-order valence-corrected chi connectivity index (χ1v) is 7.39. The van der Waals surface area contributed by atoms with Gasteiger partial charge in [-0.25, -0.2) is 0 Å². The molecule has 0 radical (unpaired) electrons. The summed E-state index contributed by atoms with van der Waals surface area (Å²) in [5, 5.41) is 3.35. The Morgan fingerprint density at radius 2 is 2.10 bits per heavy atom. The second-order valence-corrected chi connectivity index (χ2v) is 5.34. The molecule has 4 nitrogen and oxygen atoms in total. The van der Waals surface area contributed by atoms with E-state index in [1.54, 1.807) is 6.26 Å². The lowest BCUT2D eigenvalue weighted by molar-refractivity contribution is -0.134. The van der Waals surface area contributed by atoms with Gasteiger partial charge in [0, 0.05) is 13.1 Å². The number of carbonyl (C=O) groups excluding carboxylic acids is 1. The van der Waals surface area contributed by atoms with Crippen LogP contribution >= 0.6 is 0 Å². The van der Waals surface area contributed by atoms with Crippen LogP contribution in [0.2, 0.25) is 0 Å². The predicted molar refractivity (Wildman–Crippen MR) is 80.6 cm³/mol. The van der Waals surface area contributed by atoms with Crippen molar-refractivity contribution in [2.45, 2.75) is 32.5 Å². The van der Waals surface area contributed by atoms with Gasteiger partial charge in [-0.05, 0) is 36.6 Å². The minimum absolute atomic E-state index is 0.142. The second-order valence-electron chi connectivity index (χ2n) is 5.34. The molecule has 1 aliphatic heterocycles. The average molecular weight is 284 g/mol. The van der Waals surface area contributed by atoms with Crippen molar-refractivity contribution < 1.29 is 9.21 Å². The third kappa shape index (κ3) is 3.00. The van der Waals surface area contributed by atoms with Crippen molar-refractivity contribution in [2.75, 3.05) is 6.54 Å². The summed E-state index contributed by atoms with van der Waals surface area (Å²) >= 11 is 0. The van der Waals surface area contributed by atoms with Crippen molar-refractivity contribution in [3.63, 3.8) is 0 Å². The van der Waals surface area contributed by atoms with E-state index in [2.05, 4.69) is 17.4 Å². The summed E-state index contributed by atoms with van der Waals surface area (Å²) in [4.78, 5) is 14.5. The summed E-state index contributed by atoms with van der Waals surface area (Å²) in [6, 6.07) is 11.9. The number of hydrogen-bond acceptors (Lipinski definition) is 3. The molecule has 0 saturated carbocycles. The van der Waals surface area contributed by atoms with E-state index in [0.717, 1.165) is 18.7 Å². The normalized spacial score (nSPS) is 17.3. The van der Waals surface area contributed by atoms with Crippen LogP contribution in [-0.4, -0.2) is 23.4 Å². The van der Waals surface area contributed by atoms with Crippen molar-refractivity contribution in [3.05, 3.63) is 59.5 Å². The van der Waals surface area contributed by atoms with E-state index >= 15 is 0 Å². The van der Waals surface area contributed by atoms with Gasteiger partial charge in [-0.15, -0.1) is 0 Å². The summed E-state index contributed by atoms with van der Waals surface area (Å²) in [5.41, 5.74) is 2.55. The Hall–Kier alpha value is -2.07. The van der Waals surface area contributed by atoms with Crippen LogP contribution in [0, 0.1) is 0 Å². The van der Waals surface area contributed by atoms with Crippen molar-refractivity contribution in [3.8, 4) is 0 Å². The molecule has 1 unspecified atom stereocenters. The van der Waals surface area contributed by atoms with E-state index < -0.39 is 0 Å². The predicted octanol–water partition coefficient (Wildman–Crippen LogP) is 2.34. The van der Waals surface area contributed by atoms with E-state index in [1.807, 2.05) is 36.1 Å². The summed E-state index contributed by atoms with van der Waals surface area (Å²) in [6.45, 7) is 3.96. The van der Waals surface area contributed by atoms with Crippen molar-refractivity contribution in [1.82, 2.24) is 10.2 Å². The van der Waals surface area contributed by atoms with E-state index in [-0.39, 0.29) is 11.9 Å². The summed E-state index contributed by atoms with van der Waals surface area (Å²) < 4.78 is 5.35. The molecule has 0 spiro atoms. The van der Waals surface area contributed by atoms with E-state index in [9.17, 15) is 4.79 Å². The maximum absolute atomic E-state index is 12.7. The monoisotopic (exact) mass is 284 g/mol. The Labute approximate surface area is 124 Å². The Bertz CT molecular complexity index is 607. The van der Waals surface area contributed by atoms with Crippen LogP contribution in [0.3, 0.4) is 0 Å². The topological polar surface area (TPSA) is 45.5 Å². The number of fused-ring (bicyclic) bond motifs is 1. The lowest BCUT2D eigenvalue weighted by Gasteiger charge is -2.30. The molecule has 1 amide bonds. The Morgan fingerprint density at radius 1 is 1.29 bits per heavy atom. The number of furan rings is 1. The highest BCUT2D eigenvalue weighted by atomic mass is 16.3. The smallest absolute Gasteiger partial charge is 0.240 e. The van der Waals surface area contributed by atoms with Gasteiger partial charge < -0.3 is 14.6 Å². The standard InChI is InChI=1S/C17H20N2O2/c1-2-19(12-15-8-5-9-21-15)17(20)16-10-13-6-3-4-7-14(13)11-18-16/h3-9,16,18H,2,10-12H2,1H3. The quantitative estimate of drug-likeness (QED) is 0.937. The van der Waals surface area contributed by atoms with Gasteiger partial charge in [0.2, 0.25) is 5.91 Å². The molecular weight excluding hydrogens is 264 g/mol. The molecule has 2 heterocycles. The highest BCUT2D eigenvalue weighted by Crippen LogP contribution is 2.18. The van der Waals surface area contributed by atoms with E-state index in [4.69, 9.17) is 4.42 Å². The molecule has 0 aliphatic carbocycles. The lowest BCUT2D eigenvalue weighted by atomic mass is 9.95. The van der Waals surface area contributed by atoms with Crippen LogP contribution in [0.4, 0.5) is 0 Å². The SMILES string of the molecule is CCN(Cc1ccco1)C(=O)C1Cc2ccccc2CN1. The number of nitrogens with one attached hydrogen (secondary N) is 1. The zero-order chi connectivity index (χ0) is 14.7. The molecular formula is C17H20N2O2. The van der Waals surface area contributed by atoms with Gasteiger partial charge >= 0.3 is 0 Å². The van der Waals surface area contributed by atoms with Gasteiger partial charge in [-0.1, -0.05) is 24.3 Å². The summed E-state index contributed by atoms with van der Waals surface area (Å²) in [5.74, 6) is 0.963. The Morgan fingerprint density at radius 3 is 2.81 bits per heavy atom. The fraction of sp³-hybridized carbons (Fsp3) is 0.353. The first-order valence-electron chi connectivity index (χ1n) is 7.39. The molecule has 1 aromatic carbocycles. The number of benzene rings is 1. The van der Waals surface area contributed by atoms with Crippen LogP contribution in [0.1, 0.15) is 23.8 Å². The number of amides is 1. The van der Waals surface area contributed by atoms with Crippen molar-refractivity contribution >= 4 is 5.91 Å². The molecule has 3 rings (SSSR count). The molecule has 0 bridgehead atoms. The van der Waals surface area contributed by atoms with Gasteiger partial charge in [-0.2, -0.15) is 0 Å². The van der Waals surface area contributed by atoms with Gasteiger partial charge in [0.1, 0.15) is 5.76 Å². The molecule has 0 saturated heterocycles. The van der Waals surface area contributed by atoms with Crippen molar-refractivity contribution in [1.29, 1.82) is 0 Å². The number of carbonyl (C=O) groups is 1. The zero-order valence-electron chi connectivity index (χ0n) is 12.2. The maximum atomic E-state index is 12.7. The van der Waals surface area contributed by atoms with Crippen LogP contribution in [-0.2, 0) is 24.3 Å². The molecule has 1 aromatic heterocycles. The highest BCUT2D eigenvalue weighted by molar-refractivity contribution is 5.82. The molecule has 1 N–H and O–H groups in total. The summed E-state index contributed by atoms with van der Waals surface area (Å²) in [7, 11) is 0. The van der Waals surface area contributed by atoms with Crippen LogP contribution < -0.4 is 5.32 Å². The minimum Gasteiger partial charge on any atom is -0.467 e. The van der Waals surface area contributed by atoms with Crippen molar-refractivity contribution in [2.24, 2.45) is 0 Å². The number of rotatable bonds is 4. The fourth-order valence-electron chi connectivity index (χ4n) is 2.79. The van der Waals surface area contributed by atoms with Crippen LogP contribution in [0.5, 0.6) is 0 Å². The first-order chi connectivity index (χ1) is 10.3. The molecule has 1 aliphatic rings. The highest BCUT2D eigenvalue weighted by Gasteiger charge is 2.27.